The molecule has 2 rings (SSSR count). The summed E-state index contributed by atoms with van der Waals surface area (Å²) in [4.78, 5) is 10.8. The standard InChI is InChI=1S/C16H23NO3/c17-9-13-6-3-7-15(13)11-20-10-14-5-2-1-4-12(14)8-16(18)19/h1-2,4-5,13,15H,3,6-11,17H2,(H,18,19). The van der Waals surface area contributed by atoms with E-state index in [0.29, 0.717) is 18.4 Å². The van der Waals surface area contributed by atoms with Crippen LogP contribution in [0.1, 0.15) is 30.4 Å². The molecule has 1 aliphatic carbocycles. The third-order valence-corrected chi connectivity index (χ3v) is 4.17. The van der Waals surface area contributed by atoms with E-state index in [2.05, 4.69) is 0 Å². The topological polar surface area (TPSA) is 72.5 Å². The number of hydrogen-bond acceptors (Lipinski definition) is 3. The van der Waals surface area contributed by atoms with Crippen LogP contribution in [0, 0.1) is 11.8 Å². The molecule has 110 valence electrons. The first kappa shape index (κ1) is 15.0. The molecule has 3 N–H and O–H groups in total. The van der Waals surface area contributed by atoms with Crippen LogP contribution in [0.2, 0.25) is 0 Å². The zero-order chi connectivity index (χ0) is 14.4. The minimum atomic E-state index is -0.809. The van der Waals surface area contributed by atoms with E-state index in [0.717, 1.165) is 24.3 Å². The number of hydrogen-bond donors (Lipinski definition) is 2. The van der Waals surface area contributed by atoms with Gasteiger partial charge in [-0.25, -0.2) is 0 Å². The summed E-state index contributed by atoms with van der Waals surface area (Å²) in [6.07, 6.45) is 3.69. The van der Waals surface area contributed by atoms with Gasteiger partial charge in [-0.15, -0.1) is 0 Å². The summed E-state index contributed by atoms with van der Waals surface area (Å²) in [7, 11) is 0. The largest absolute Gasteiger partial charge is 0.481 e. The molecule has 0 spiro atoms. The van der Waals surface area contributed by atoms with Crippen LogP contribution in [-0.2, 0) is 22.6 Å². The molecular weight excluding hydrogens is 254 g/mol. The summed E-state index contributed by atoms with van der Waals surface area (Å²) in [5.74, 6) is 0.340. The van der Waals surface area contributed by atoms with Crippen molar-refractivity contribution in [1.29, 1.82) is 0 Å². The van der Waals surface area contributed by atoms with Crippen molar-refractivity contribution in [1.82, 2.24) is 0 Å². The Morgan fingerprint density at radius 3 is 2.65 bits per heavy atom. The molecule has 0 aromatic heterocycles. The van der Waals surface area contributed by atoms with Gasteiger partial charge in [0.1, 0.15) is 0 Å². The molecule has 2 atom stereocenters. The number of aliphatic carboxylic acids is 1. The minimum Gasteiger partial charge on any atom is -0.481 e. The summed E-state index contributed by atoms with van der Waals surface area (Å²) in [6, 6.07) is 7.57. The van der Waals surface area contributed by atoms with E-state index >= 15 is 0 Å². The fourth-order valence-electron chi connectivity index (χ4n) is 3.00. The summed E-state index contributed by atoms with van der Waals surface area (Å²) in [5.41, 5.74) is 7.57. The van der Waals surface area contributed by atoms with E-state index in [9.17, 15) is 4.79 Å². The van der Waals surface area contributed by atoms with Gasteiger partial charge in [-0.1, -0.05) is 30.7 Å². The monoisotopic (exact) mass is 277 g/mol. The second-order valence-corrected chi connectivity index (χ2v) is 5.54. The summed E-state index contributed by atoms with van der Waals surface area (Å²) >= 11 is 0. The highest BCUT2D eigenvalue weighted by Crippen LogP contribution is 2.31. The van der Waals surface area contributed by atoms with Gasteiger partial charge in [-0.05, 0) is 42.3 Å². The Bertz CT molecular complexity index is 447. The second kappa shape index (κ2) is 7.41. The number of nitrogens with two attached hydrogens (primary N) is 1. The maximum absolute atomic E-state index is 10.8. The van der Waals surface area contributed by atoms with Gasteiger partial charge in [0.25, 0.3) is 0 Å². The van der Waals surface area contributed by atoms with Gasteiger partial charge in [0.2, 0.25) is 0 Å². The van der Waals surface area contributed by atoms with E-state index in [1.807, 2.05) is 24.3 Å². The van der Waals surface area contributed by atoms with Gasteiger partial charge in [0.05, 0.1) is 19.6 Å². The fourth-order valence-corrected chi connectivity index (χ4v) is 3.00. The van der Waals surface area contributed by atoms with Crippen LogP contribution in [0.5, 0.6) is 0 Å². The van der Waals surface area contributed by atoms with E-state index in [-0.39, 0.29) is 6.42 Å². The van der Waals surface area contributed by atoms with Gasteiger partial charge in [-0.3, -0.25) is 4.79 Å². The SMILES string of the molecule is NCC1CCCC1COCc1ccccc1CC(=O)O. The molecule has 0 aliphatic heterocycles. The average Bonchev–Trinajstić information content (AvgIpc) is 2.87. The lowest BCUT2D eigenvalue weighted by Crippen LogP contribution is -2.22. The maximum atomic E-state index is 10.8. The maximum Gasteiger partial charge on any atom is 0.307 e. The van der Waals surface area contributed by atoms with Crippen LogP contribution in [-0.4, -0.2) is 24.2 Å². The van der Waals surface area contributed by atoms with E-state index in [4.69, 9.17) is 15.6 Å². The highest BCUT2D eigenvalue weighted by molar-refractivity contribution is 5.70. The molecule has 1 aromatic carbocycles. The molecule has 1 fully saturated rings. The highest BCUT2D eigenvalue weighted by Gasteiger charge is 2.25. The molecule has 0 bridgehead atoms. The summed E-state index contributed by atoms with van der Waals surface area (Å²) in [5, 5.41) is 8.90. The smallest absolute Gasteiger partial charge is 0.307 e. The van der Waals surface area contributed by atoms with Crippen molar-refractivity contribution in [3.8, 4) is 0 Å². The molecule has 0 amide bonds. The Morgan fingerprint density at radius 2 is 1.95 bits per heavy atom. The molecule has 1 aliphatic rings. The zero-order valence-electron chi connectivity index (χ0n) is 11.8. The van der Waals surface area contributed by atoms with Crippen LogP contribution in [0.25, 0.3) is 0 Å². The molecule has 0 saturated heterocycles. The minimum absolute atomic E-state index is 0.0500. The molecule has 1 saturated carbocycles. The van der Waals surface area contributed by atoms with Crippen molar-refractivity contribution < 1.29 is 14.6 Å². The Balaban J connectivity index is 1.86. The molecule has 2 unspecified atom stereocenters. The Hall–Kier alpha value is -1.39. The van der Waals surface area contributed by atoms with Crippen LogP contribution in [0.15, 0.2) is 24.3 Å². The number of carboxylic acids is 1. The van der Waals surface area contributed by atoms with Crippen molar-refractivity contribution >= 4 is 5.97 Å². The quantitative estimate of drug-likeness (QED) is 0.801. The third kappa shape index (κ3) is 4.05. The van der Waals surface area contributed by atoms with Crippen molar-refractivity contribution in [2.45, 2.75) is 32.3 Å². The highest BCUT2D eigenvalue weighted by atomic mass is 16.5. The van der Waals surface area contributed by atoms with E-state index < -0.39 is 5.97 Å². The predicted octanol–water partition coefficient (Wildman–Crippen LogP) is 2.21. The lowest BCUT2D eigenvalue weighted by atomic mass is 9.97. The zero-order valence-corrected chi connectivity index (χ0v) is 11.8. The number of rotatable bonds is 7. The normalized spacial score (nSPS) is 22.1. The van der Waals surface area contributed by atoms with E-state index in [1.54, 1.807) is 0 Å². The fraction of sp³-hybridized carbons (Fsp3) is 0.562. The van der Waals surface area contributed by atoms with Gasteiger partial charge in [-0.2, -0.15) is 0 Å². The first-order chi connectivity index (χ1) is 9.70. The number of benzene rings is 1. The molecule has 0 heterocycles. The molecule has 4 nitrogen and oxygen atoms in total. The van der Waals surface area contributed by atoms with Crippen LogP contribution in [0.3, 0.4) is 0 Å². The number of carboxylic acid groups (broad SMARTS) is 1. The van der Waals surface area contributed by atoms with E-state index in [1.165, 1.54) is 19.3 Å². The number of carbonyl (C=O) groups is 1. The van der Waals surface area contributed by atoms with Crippen LogP contribution < -0.4 is 5.73 Å². The Morgan fingerprint density at radius 1 is 1.25 bits per heavy atom. The van der Waals surface area contributed by atoms with Gasteiger partial charge in [0.15, 0.2) is 0 Å². The number of ether oxygens (including phenoxy) is 1. The lowest BCUT2D eigenvalue weighted by molar-refractivity contribution is -0.136. The Kier molecular flexibility index (Phi) is 5.56. The predicted molar refractivity (Wildman–Crippen MR) is 77.3 cm³/mol. The van der Waals surface area contributed by atoms with Gasteiger partial charge in [0, 0.05) is 0 Å². The lowest BCUT2D eigenvalue weighted by Gasteiger charge is -2.18. The summed E-state index contributed by atoms with van der Waals surface area (Å²) < 4.78 is 5.81. The second-order valence-electron chi connectivity index (χ2n) is 5.54. The van der Waals surface area contributed by atoms with Crippen LogP contribution >= 0.6 is 0 Å². The Labute approximate surface area is 119 Å². The molecule has 20 heavy (non-hydrogen) atoms. The molecule has 1 aromatic rings. The van der Waals surface area contributed by atoms with Gasteiger partial charge < -0.3 is 15.6 Å². The van der Waals surface area contributed by atoms with Crippen molar-refractivity contribution in [3.05, 3.63) is 35.4 Å². The van der Waals surface area contributed by atoms with Crippen molar-refractivity contribution in [2.75, 3.05) is 13.2 Å². The summed E-state index contributed by atoms with van der Waals surface area (Å²) in [6.45, 7) is 1.95. The first-order valence-electron chi connectivity index (χ1n) is 7.27. The van der Waals surface area contributed by atoms with Crippen LogP contribution in [0.4, 0.5) is 0 Å². The molecule has 0 radical (unpaired) electrons. The molecule has 4 heteroatoms. The van der Waals surface area contributed by atoms with Crippen molar-refractivity contribution in [3.63, 3.8) is 0 Å². The average molecular weight is 277 g/mol. The first-order valence-corrected chi connectivity index (χ1v) is 7.27. The molecular formula is C16H23NO3. The van der Waals surface area contributed by atoms with Gasteiger partial charge >= 0.3 is 5.97 Å². The third-order valence-electron chi connectivity index (χ3n) is 4.17. The van der Waals surface area contributed by atoms with Crippen molar-refractivity contribution in [2.24, 2.45) is 17.6 Å².